The summed E-state index contributed by atoms with van der Waals surface area (Å²) in [6.07, 6.45) is 1.41. The maximum Gasteiger partial charge on any atom is 0.301 e. The van der Waals surface area contributed by atoms with Gasteiger partial charge in [-0.1, -0.05) is 0 Å². The lowest BCUT2D eigenvalue weighted by molar-refractivity contribution is 0.275. The van der Waals surface area contributed by atoms with Gasteiger partial charge in [-0.2, -0.15) is 9.83 Å². The Balaban J connectivity index is 3.58. The molecule has 0 spiro atoms. The number of pyridine rings is 1. The summed E-state index contributed by atoms with van der Waals surface area (Å²) in [6, 6.07) is 1.04. The minimum absolute atomic E-state index is 0.196. The van der Waals surface area contributed by atoms with E-state index in [-0.39, 0.29) is 11.4 Å². The summed E-state index contributed by atoms with van der Waals surface area (Å²) in [7, 11) is 0. The zero-order valence-corrected chi connectivity index (χ0v) is 6.49. The molecule has 0 aromatic carbocycles. The van der Waals surface area contributed by atoms with Crippen LogP contribution in [0.2, 0.25) is 0 Å². The monoisotopic (exact) mass is 183 g/mol. The van der Waals surface area contributed by atoms with E-state index in [1.54, 1.807) is 0 Å². The maximum atomic E-state index is 12.9. The van der Waals surface area contributed by atoms with E-state index in [1.165, 1.54) is 6.19 Å². The van der Waals surface area contributed by atoms with Crippen LogP contribution in [0, 0.1) is 17.3 Å². The summed E-state index contributed by atoms with van der Waals surface area (Å²) < 4.78 is 13.3. The summed E-state index contributed by atoms with van der Waals surface area (Å²) in [4.78, 5) is 11.0. The lowest BCUT2D eigenvalue weighted by atomic mass is 10.2. The number of nitrogens with zero attached hydrogens (tertiary/aromatic N) is 2. The minimum Gasteiger partial charge on any atom is -0.392 e. The molecule has 68 valence electrons. The first-order valence-corrected chi connectivity index (χ1v) is 3.32. The zero-order valence-electron chi connectivity index (χ0n) is 6.49. The number of halogens is 1. The molecular formula is C7H6FN3O2. The molecule has 0 atom stereocenters. The number of nitrogens with two attached hydrogens (primary N) is 1. The van der Waals surface area contributed by atoms with E-state index in [0.717, 1.165) is 6.07 Å². The highest BCUT2D eigenvalue weighted by molar-refractivity contribution is 5.36. The van der Waals surface area contributed by atoms with Crippen molar-refractivity contribution in [2.75, 3.05) is 5.73 Å². The van der Waals surface area contributed by atoms with Crippen molar-refractivity contribution in [3.8, 4) is 6.19 Å². The Labute approximate surface area is 72.4 Å². The number of aliphatic hydroxyl groups excluding tert-OH is 1. The van der Waals surface area contributed by atoms with Crippen LogP contribution in [0.4, 0.5) is 10.2 Å². The Morgan fingerprint density at radius 1 is 1.77 bits per heavy atom. The molecule has 0 amide bonds. The third-order valence-electron chi connectivity index (χ3n) is 1.52. The molecule has 0 radical (unpaired) electrons. The molecule has 0 aliphatic carbocycles. The highest BCUT2D eigenvalue weighted by Crippen LogP contribution is 2.07. The lowest BCUT2D eigenvalue weighted by Gasteiger charge is -2.03. The first kappa shape index (κ1) is 9.22. The third kappa shape index (κ3) is 1.37. The van der Waals surface area contributed by atoms with Gasteiger partial charge >= 0.3 is 5.56 Å². The van der Waals surface area contributed by atoms with Gasteiger partial charge in [0.15, 0.2) is 12.0 Å². The number of nitrogen functional groups attached to an aromatic ring is 1. The number of rotatable bonds is 1. The van der Waals surface area contributed by atoms with Crippen LogP contribution in [0.15, 0.2) is 10.9 Å². The molecule has 0 aliphatic heterocycles. The van der Waals surface area contributed by atoms with Crippen molar-refractivity contribution in [3.05, 3.63) is 27.8 Å². The molecule has 0 unspecified atom stereocenters. The lowest BCUT2D eigenvalue weighted by Crippen LogP contribution is -2.24. The summed E-state index contributed by atoms with van der Waals surface area (Å²) in [5, 5.41) is 17.0. The first-order chi connectivity index (χ1) is 6.11. The SMILES string of the molecule is N#Cn1c(N)cc(CO)c(F)c1=O. The van der Waals surface area contributed by atoms with Crippen molar-refractivity contribution < 1.29 is 9.50 Å². The summed E-state index contributed by atoms with van der Waals surface area (Å²) in [5.74, 6) is -1.35. The Bertz CT molecular complexity index is 432. The number of hydrogen-bond acceptors (Lipinski definition) is 4. The molecule has 5 nitrogen and oxygen atoms in total. The van der Waals surface area contributed by atoms with Crippen molar-refractivity contribution >= 4 is 5.82 Å². The molecule has 0 fully saturated rings. The molecule has 6 heteroatoms. The van der Waals surface area contributed by atoms with E-state index in [0.29, 0.717) is 4.57 Å². The number of anilines is 1. The van der Waals surface area contributed by atoms with Crippen LogP contribution in [-0.2, 0) is 6.61 Å². The van der Waals surface area contributed by atoms with Crippen LogP contribution in [-0.4, -0.2) is 9.67 Å². The van der Waals surface area contributed by atoms with Gasteiger partial charge in [0.05, 0.1) is 6.61 Å². The molecule has 0 saturated carbocycles. The van der Waals surface area contributed by atoms with Gasteiger partial charge < -0.3 is 10.8 Å². The predicted molar refractivity (Wildman–Crippen MR) is 42.0 cm³/mol. The fourth-order valence-corrected chi connectivity index (χ4v) is 0.877. The van der Waals surface area contributed by atoms with Crippen LogP contribution in [0.1, 0.15) is 5.56 Å². The van der Waals surface area contributed by atoms with Crippen LogP contribution < -0.4 is 11.3 Å². The van der Waals surface area contributed by atoms with Crippen molar-refractivity contribution in [1.82, 2.24) is 4.57 Å². The smallest absolute Gasteiger partial charge is 0.301 e. The molecule has 0 saturated heterocycles. The Morgan fingerprint density at radius 3 is 2.85 bits per heavy atom. The van der Waals surface area contributed by atoms with Gasteiger partial charge in [0.2, 0.25) is 0 Å². The highest BCUT2D eigenvalue weighted by Gasteiger charge is 2.11. The standard InChI is InChI=1S/C7H6FN3O2/c8-6-4(2-12)1-5(10)11(3-9)7(6)13/h1,12H,2,10H2. The molecule has 0 aliphatic rings. The van der Waals surface area contributed by atoms with Gasteiger partial charge in [-0.05, 0) is 6.07 Å². The van der Waals surface area contributed by atoms with Crippen molar-refractivity contribution in [2.45, 2.75) is 6.61 Å². The van der Waals surface area contributed by atoms with Gasteiger partial charge in [0.25, 0.3) is 0 Å². The fourth-order valence-electron chi connectivity index (χ4n) is 0.877. The van der Waals surface area contributed by atoms with Gasteiger partial charge in [-0.3, -0.25) is 4.79 Å². The topological polar surface area (TPSA) is 92.0 Å². The van der Waals surface area contributed by atoms with E-state index in [1.807, 2.05) is 0 Å². The molecule has 1 aromatic heterocycles. The maximum absolute atomic E-state index is 12.9. The van der Waals surface area contributed by atoms with Crippen molar-refractivity contribution in [3.63, 3.8) is 0 Å². The quantitative estimate of drug-likeness (QED) is 0.607. The number of aliphatic hydroxyl groups is 1. The molecule has 1 heterocycles. The summed E-state index contributed by atoms with van der Waals surface area (Å²) in [6.45, 7) is -0.627. The molecule has 3 N–H and O–H groups in total. The second-order valence-electron chi connectivity index (χ2n) is 2.31. The van der Waals surface area contributed by atoms with E-state index >= 15 is 0 Å². The van der Waals surface area contributed by atoms with E-state index < -0.39 is 18.0 Å². The molecule has 1 aromatic rings. The number of nitriles is 1. The normalized spacial score (nSPS) is 9.62. The third-order valence-corrected chi connectivity index (χ3v) is 1.52. The minimum atomic E-state index is -1.15. The second-order valence-corrected chi connectivity index (χ2v) is 2.31. The van der Waals surface area contributed by atoms with Gasteiger partial charge in [-0.15, -0.1) is 0 Å². The molecule has 1 rings (SSSR count). The van der Waals surface area contributed by atoms with Crippen LogP contribution >= 0.6 is 0 Å². The van der Waals surface area contributed by atoms with Gasteiger partial charge in [0, 0.05) is 5.56 Å². The fraction of sp³-hybridized carbons (Fsp3) is 0.143. The van der Waals surface area contributed by atoms with Crippen LogP contribution in [0.25, 0.3) is 0 Å². The number of aromatic nitrogens is 1. The zero-order chi connectivity index (χ0) is 10.0. The Hall–Kier alpha value is -1.87. The summed E-state index contributed by atoms with van der Waals surface area (Å²) >= 11 is 0. The predicted octanol–water partition coefficient (Wildman–Crippen LogP) is -0.609. The second kappa shape index (κ2) is 3.25. The largest absolute Gasteiger partial charge is 0.392 e. The Kier molecular flexibility index (Phi) is 2.30. The Morgan fingerprint density at radius 2 is 2.38 bits per heavy atom. The highest BCUT2D eigenvalue weighted by atomic mass is 19.1. The average molecular weight is 183 g/mol. The first-order valence-electron chi connectivity index (χ1n) is 3.32. The van der Waals surface area contributed by atoms with E-state index in [2.05, 4.69) is 0 Å². The molecule has 0 bridgehead atoms. The van der Waals surface area contributed by atoms with Gasteiger partial charge in [0.1, 0.15) is 5.82 Å². The summed E-state index contributed by atoms with van der Waals surface area (Å²) in [5.41, 5.74) is 3.88. The van der Waals surface area contributed by atoms with Crippen molar-refractivity contribution in [2.24, 2.45) is 0 Å². The van der Waals surface area contributed by atoms with E-state index in [4.69, 9.17) is 16.1 Å². The molecule has 13 heavy (non-hydrogen) atoms. The van der Waals surface area contributed by atoms with Crippen LogP contribution in [0.3, 0.4) is 0 Å². The van der Waals surface area contributed by atoms with Gasteiger partial charge in [-0.25, -0.2) is 4.39 Å². The van der Waals surface area contributed by atoms with Crippen molar-refractivity contribution in [1.29, 1.82) is 5.26 Å². The van der Waals surface area contributed by atoms with Crippen LogP contribution in [0.5, 0.6) is 0 Å². The average Bonchev–Trinajstić information content (AvgIpc) is 2.12. The molecular weight excluding hydrogens is 177 g/mol. The van der Waals surface area contributed by atoms with E-state index in [9.17, 15) is 9.18 Å². The number of hydrogen-bond donors (Lipinski definition) is 2.